The van der Waals surface area contributed by atoms with Gasteiger partial charge in [-0.05, 0) is 44.6 Å². The highest BCUT2D eigenvalue weighted by atomic mass is 35.5. The zero-order chi connectivity index (χ0) is 27.6. The Hall–Kier alpha value is -1.78. The lowest BCUT2D eigenvalue weighted by Crippen LogP contribution is -2.46. The SMILES string of the molecule is CCC1CC(C)CCCC2(C)OC2(O)C(O)C(C(Cl)=Cc2coc(CO)n2)OC(=O)CCC(C)(C)C1=O. The maximum Gasteiger partial charge on any atom is 0.306 e. The summed E-state index contributed by atoms with van der Waals surface area (Å²) in [5.74, 6) is -2.25. The second kappa shape index (κ2) is 11.5. The van der Waals surface area contributed by atoms with Crippen molar-refractivity contribution in [3.63, 3.8) is 0 Å². The van der Waals surface area contributed by atoms with Crippen LogP contribution in [0.5, 0.6) is 0 Å². The lowest BCUT2D eigenvalue weighted by atomic mass is 9.74. The lowest BCUT2D eigenvalue weighted by Gasteiger charge is -2.30. The molecular weight excluding hydrogens is 502 g/mol. The maximum atomic E-state index is 13.3. The predicted octanol–water partition coefficient (Wildman–Crippen LogP) is 4.11. The first-order valence-corrected chi connectivity index (χ1v) is 13.4. The van der Waals surface area contributed by atoms with Crippen LogP contribution in [0, 0.1) is 17.3 Å². The summed E-state index contributed by atoms with van der Waals surface area (Å²) in [5, 5.41) is 31.5. The number of nitrogens with zero attached hydrogens (tertiary/aromatic N) is 1. The molecule has 0 spiro atoms. The third-order valence-corrected chi connectivity index (χ3v) is 8.15. The first-order valence-electron chi connectivity index (χ1n) is 13.0. The van der Waals surface area contributed by atoms with Crippen molar-refractivity contribution in [2.45, 2.75) is 110 Å². The Kier molecular flexibility index (Phi) is 9.28. The van der Waals surface area contributed by atoms with Crippen LogP contribution in [0.1, 0.15) is 91.1 Å². The molecule has 3 rings (SSSR count). The van der Waals surface area contributed by atoms with E-state index in [1.807, 2.05) is 20.8 Å². The molecule has 0 aliphatic carbocycles. The molecule has 6 unspecified atom stereocenters. The molecule has 0 radical (unpaired) electrons. The summed E-state index contributed by atoms with van der Waals surface area (Å²) in [6.45, 7) is 9.10. The van der Waals surface area contributed by atoms with Gasteiger partial charge in [-0.3, -0.25) is 9.59 Å². The molecule has 2 aliphatic rings. The van der Waals surface area contributed by atoms with Crippen molar-refractivity contribution in [2.75, 3.05) is 0 Å². The van der Waals surface area contributed by atoms with Gasteiger partial charge >= 0.3 is 5.97 Å². The van der Waals surface area contributed by atoms with E-state index in [1.54, 1.807) is 6.92 Å². The molecule has 0 saturated carbocycles. The molecule has 2 saturated heterocycles. The Morgan fingerprint density at radius 2 is 1.97 bits per heavy atom. The van der Waals surface area contributed by atoms with Crippen LogP contribution in [0.2, 0.25) is 0 Å². The normalized spacial score (nSPS) is 36.1. The van der Waals surface area contributed by atoms with Crippen LogP contribution in [-0.4, -0.2) is 55.7 Å². The van der Waals surface area contributed by atoms with Crippen LogP contribution < -0.4 is 0 Å². The standard InChI is InChI=1S/C27H40ClNO8/c1-6-17-12-16(2)8-7-10-26(5)27(34,37-26)24(33)22(19(28)13-18-15-35-20(14-30)29-18)36-21(31)9-11-25(3,4)23(17)32/h13,15-17,22,24,30,33-34H,6-12,14H2,1-5H3. The molecule has 3 heterocycles. The predicted molar refractivity (Wildman–Crippen MR) is 136 cm³/mol. The van der Waals surface area contributed by atoms with Crippen LogP contribution in [0.25, 0.3) is 6.08 Å². The van der Waals surface area contributed by atoms with E-state index in [9.17, 15) is 24.9 Å². The summed E-state index contributed by atoms with van der Waals surface area (Å²) >= 11 is 6.49. The zero-order valence-corrected chi connectivity index (χ0v) is 23.1. The minimum Gasteiger partial charge on any atom is -0.454 e. The van der Waals surface area contributed by atoms with Crippen molar-refractivity contribution in [1.82, 2.24) is 4.98 Å². The number of Topliss-reactive ketones (excluding diaryl/α,β-unsaturated/α-hetero) is 1. The molecule has 6 atom stereocenters. The summed E-state index contributed by atoms with van der Waals surface area (Å²) in [6.07, 6.45) is 3.15. The van der Waals surface area contributed by atoms with Gasteiger partial charge in [-0.1, -0.05) is 52.1 Å². The van der Waals surface area contributed by atoms with Crippen molar-refractivity contribution in [3.8, 4) is 0 Å². The Balaban J connectivity index is 1.91. The van der Waals surface area contributed by atoms with Gasteiger partial charge in [-0.15, -0.1) is 0 Å². The van der Waals surface area contributed by atoms with E-state index in [2.05, 4.69) is 11.9 Å². The first-order chi connectivity index (χ1) is 17.3. The van der Waals surface area contributed by atoms with Gasteiger partial charge in [0.15, 0.2) is 12.2 Å². The molecule has 37 heavy (non-hydrogen) atoms. The van der Waals surface area contributed by atoms with Crippen molar-refractivity contribution in [3.05, 3.63) is 22.9 Å². The van der Waals surface area contributed by atoms with E-state index >= 15 is 0 Å². The average Bonchev–Trinajstić information content (AvgIpc) is 3.16. The Morgan fingerprint density at radius 1 is 1.27 bits per heavy atom. The number of cyclic esters (lactones) is 1. The van der Waals surface area contributed by atoms with Gasteiger partial charge in [-0.25, -0.2) is 4.98 Å². The highest BCUT2D eigenvalue weighted by molar-refractivity contribution is 6.32. The van der Waals surface area contributed by atoms with Crippen molar-refractivity contribution in [2.24, 2.45) is 17.3 Å². The fourth-order valence-corrected chi connectivity index (χ4v) is 5.50. The van der Waals surface area contributed by atoms with Gasteiger partial charge in [0.2, 0.25) is 11.7 Å². The molecule has 9 nitrogen and oxygen atoms in total. The molecule has 2 aliphatic heterocycles. The van der Waals surface area contributed by atoms with Crippen molar-refractivity contribution < 1.29 is 38.8 Å². The average molecular weight is 542 g/mol. The van der Waals surface area contributed by atoms with Crippen LogP contribution in [0.15, 0.2) is 15.7 Å². The number of ketones is 1. The number of carbonyl (C=O) groups is 2. The number of rotatable bonds is 4. The number of hydrogen-bond donors (Lipinski definition) is 3. The van der Waals surface area contributed by atoms with Crippen molar-refractivity contribution >= 4 is 29.4 Å². The van der Waals surface area contributed by atoms with E-state index in [1.165, 1.54) is 12.3 Å². The van der Waals surface area contributed by atoms with E-state index in [0.717, 1.165) is 25.7 Å². The Bertz CT molecular complexity index is 1010. The number of hydrogen-bond acceptors (Lipinski definition) is 9. The minimum absolute atomic E-state index is 0.0643. The third-order valence-electron chi connectivity index (χ3n) is 7.83. The number of aliphatic hydroxyl groups is 3. The topological polar surface area (TPSA) is 143 Å². The largest absolute Gasteiger partial charge is 0.454 e. The molecule has 10 heteroatoms. The molecule has 208 valence electrons. The van der Waals surface area contributed by atoms with Crippen LogP contribution in [-0.2, 0) is 25.7 Å². The third kappa shape index (κ3) is 6.63. The highest BCUT2D eigenvalue weighted by Gasteiger charge is 2.72. The summed E-state index contributed by atoms with van der Waals surface area (Å²) in [4.78, 5) is 30.3. The van der Waals surface area contributed by atoms with Gasteiger partial charge in [-0.2, -0.15) is 0 Å². The summed E-state index contributed by atoms with van der Waals surface area (Å²) in [7, 11) is 0. The summed E-state index contributed by atoms with van der Waals surface area (Å²) in [6, 6.07) is 0. The van der Waals surface area contributed by atoms with Gasteiger partial charge < -0.3 is 29.2 Å². The molecule has 2 fully saturated rings. The zero-order valence-electron chi connectivity index (χ0n) is 22.3. The molecular formula is C27H40ClNO8. The molecule has 0 bridgehead atoms. The monoisotopic (exact) mass is 541 g/mol. The van der Waals surface area contributed by atoms with E-state index in [0.29, 0.717) is 12.3 Å². The van der Waals surface area contributed by atoms with Crippen molar-refractivity contribution in [1.29, 1.82) is 0 Å². The number of halogens is 1. The Labute approximate surface area is 223 Å². The number of ether oxygens (including phenoxy) is 2. The Morgan fingerprint density at radius 3 is 2.59 bits per heavy atom. The van der Waals surface area contributed by atoms with Crippen LogP contribution in [0.4, 0.5) is 0 Å². The second-order valence-electron chi connectivity index (χ2n) is 11.3. The number of fused-ring (bicyclic) bond motifs is 1. The number of aliphatic hydroxyl groups excluding tert-OH is 2. The van der Waals surface area contributed by atoms with Gasteiger partial charge in [0, 0.05) is 17.8 Å². The lowest BCUT2D eigenvalue weighted by molar-refractivity contribution is -0.164. The second-order valence-corrected chi connectivity index (χ2v) is 11.8. The summed E-state index contributed by atoms with van der Waals surface area (Å²) in [5.41, 5.74) is -1.55. The fraction of sp³-hybridized carbons (Fsp3) is 0.741. The van der Waals surface area contributed by atoms with Crippen LogP contribution in [0.3, 0.4) is 0 Å². The molecule has 3 N–H and O–H groups in total. The molecule has 0 aromatic carbocycles. The highest BCUT2D eigenvalue weighted by Crippen LogP contribution is 2.53. The first kappa shape index (κ1) is 29.8. The quantitative estimate of drug-likeness (QED) is 0.379. The van der Waals surface area contributed by atoms with Gasteiger partial charge in [0.25, 0.3) is 0 Å². The smallest absolute Gasteiger partial charge is 0.306 e. The molecule has 0 amide bonds. The van der Waals surface area contributed by atoms with E-state index in [4.69, 9.17) is 25.5 Å². The van der Waals surface area contributed by atoms with Gasteiger partial charge in [0.05, 0.1) is 5.03 Å². The van der Waals surface area contributed by atoms with Crippen LogP contribution >= 0.6 is 11.6 Å². The number of carbonyl (C=O) groups excluding carboxylic acids is 2. The number of epoxide rings is 1. The summed E-state index contributed by atoms with van der Waals surface area (Å²) < 4.78 is 16.3. The fourth-order valence-electron chi connectivity index (χ4n) is 5.23. The number of oxazole rings is 1. The number of aromatic nitrogens is 1. The molecule has 1 aromatic rings. The maximum absolute atomic E-state index is 13.3. The van der Waals surface area contributed by atoms with Gasteiger partial charge in [0.1, 0.15) is 29.9 Å². The number of esters is 1. The van der Waals surface area contributed by atoms with E-state index in [-0.39, 0.29) is 41.2 Å². The van der Waals surface area contributed by atoms with E-state index < -0.39 is 41.6 Å². The molecule has 1 aromatic heterocycles. The minimum atomic E-state index is -1.96.